The second-order valence-corrected chi connectivity index (χ2v) is 5.61. The third-order valence-electron chi connectivity index (χ3n) is 2.62. The Hall–Kier alpha value is -0.550. The van der Waals surface area contributed by atoms with Crippen molar-refractivity contribution in [2.75, 3.05) is 11.5 Å². The predicted molar refractivity (Wildman–Crippen MR) is 65.4 cm³/mol. The predicted octanol–water partition coefficient (Wildman–Crippen LogP) is 2.71. The van der Waals surface area contributed by atoms with Crippen molar-refractivity contribution in [3.05, 3.63) is 28.6 Å². The molecule has 1 atom stereocenters. The topological polar surface area (TPSA) is 30.2 Å². The van der Waals surface area contributed by atoms with Crippen LogP contribution in [0.2, 0.25) is 0 Å². The van der Waals surface area contributed by atoms with Gasteiger partial charge in [0, 0.05) is 11.7 Å². The van der Waals surface area contributed by atoms with E-state index in [0.29, 0.717) is 5.92 Å². The maximum atomic E-state index is 4.56. The highest BCUT2D eigenvalue weighted by atomic mass is 79.9. The van der Waals surface area contributed by atoms with E-state index in [1.165, 1.54) is 12.2 Å². The molecule has 3 heterocycles. The van der Waals surface area contributed by atoms with Gasteiger partial charge in [-0.25, -0.2) is 9.50 Å². The summed E-state index contributed by atoms with van der Waals surface area (Å²) in [5.74, 6) is 3.93. The summed E-state index contributed by atoms with van der Waals surface area (Å²) < 4.78 is 2.82. The molecule has 0 amide bonds. The van der Waals surface area contributed by atoms with Crippen LogP contribution in [0.15, 0.2) is 22.8 Å². The molecule has 1 unspecified atom stereocenters. The number of hydrogen-bond acceptors (Lipinski definition) is 3. The standard InChI is InChI=1S/C10H10BrN3S/c11-8-2-1-3-9-12-10(13-14(8)9)7-4-5-15-6-7/h1-3,7H,4-6H2. The number of aromatic nitrogens is 3. The molecule has 1 saturated heterocycles. The number of rotatable bonds is 1. The summed E-state index contributed by atoms with van der Waals surface area (Å²) in [5, 5.41) is 4.54. The Balaban J connectivity index is 2.09. The molecule has 3 rings (SSSR count). The van der Waals surface area contributed by atoms with Crippen LogP contribution in [-0.4, -0.2) is 26.1 Å². The first-order valence-corrected chi connectivity index (χ1v) is 6.88. The second-order valence-electron chi connectivity index (χ2n) is 3.65. The van der Waals surface area contributed by atoms with Gasteiger partial charge in [0.1, 0.15) is 4.60 Å². The van der Waals surface area contributed by atoms with Gasteiger partial charge in [0.05, 0.1) is 0 Å². The monoisotopic (exact) mass is 283 g/mol. The van der Waals surface area contributed by atoms with Crippen LogP contribution in [0, 0.1) is 0 Å². The average Bonchev–Trinajstić information content (AvgIpc) is 2.86. The highest BCUT2D eigenvalue weighted by Crippen LogP contribution is 2.30. The van der Waals surface area contributed by atoms with Gasteiger partial charge >= 0.3 is 0 Å². The molecular weight excluding hydrogens is 274 g/mol. The second kappa shape index (κ2) is 3.79. The molecule has 1 aliphatic rings. The van der Waals surface area contributed by atoms with Crippen LogP contribution in [-0.2, 0) is 0 Å². The molecule has 15 heavy (non-hydrogen) atoms. The van der Waals surface area contributed by atoms with Crippen LogP contribution in [0.3, 0.4) is 0 Å². The number of nitrogens with zero attached hydrogens (tertiary/aromatic N) is 3. The van der Waals surface area contributed by atoms with Gasteiger partial charge < -0.3 is 0 Å². The van der Waals surface area contributed by atoms with Gasteiger partial charge in [-0.1, -0.05) is 6.07 Å². The quantitative estimate of drug-likeness (QED) is 0.754. The van der Waals surface area contributed by atoms with Crippen molar-refractivity contribution in [3.63, 3.8) is 0 Å². The summed E-state index contributed by atoms with van der Waals surface area (Å²) in [6.45, 7) is 0. The van der Waals surface area contributed by atoms with Crippen molar-refractivity contribution >= 4 is 33.3 Å². The summed E-state index contributed by atoms with van der Waals surface area (Å²) in [5.41, 5.74) is 0.927. The lowest BCUT2D eigenvalue weighted by Gasteiger charge is -1.99. The van der Waals surface area contributed by atoms with Crippen LogP contribution in [0.25, 0.3) is 5.65 Å². The van der Waals surface area contributed by atoms with Gasteiger partial charge in [-0.15, -0.1) is 5.10 Å². The van der Waals surface area contributed by atoms with Crippen LogP contribution < -0.4 is 0 Å². The molecule has 5 heteroatoms. The van der Waals surface area contributed by atoms with Crippen molar-refractivity contribution in [1.82, 2.24) is 14.6 Å². The van der Waals surface area contributed by atoms with Crippen molar-refractivity contribution in [2.24, 2.45) is 0 Å². The number of pyridine rings is 1. The lowest BCUT2D eigenvalue weighted by Crippen LogP contribution is -1.99. The van der Waals surface area contributed by atoms with Crippen LogP contribution in [0.1, 0.15) is 18.2 Å². The fourth-order valence-corrected chi connectivity index (χ4v) is 3.43. The minimum atomic E-state index is 0.543. The van der Waals surface area contributed by atoms with Crippen molar-refractivity contribution in [2.45, 2.75) is 12.3 Å². The third-order valence-corrected chi connectivity index (χ3v) is 4.39. The van der Waals surface area contributed by atoms with Gasteiger partial charge in [0.2, 0.25) is 0 Å². The molecule has 2 aromatic rings. The maximum Gasteiger partial charge on any atom is 0.156 e. The molecule has 0 radical (unpaired) electrons. The molecule has 78 valence electrons. The van der Waals surface area contributed by atoms with E-state index in [0.717, 1.165) is 21.8 Å². The summed E-state index contributed by atoms with van der Waals surface area (Å²) in [6.07, 6.45) is 1.21. The number of fused-ring (bicyclic) bond motifs is 1. The van der Waals surface area contributed by atoms with E-state index in [9.17, 15) is 0 Å². The van der Waals surface area contributed by atoms with Gasteiger partial charge in [-0.05, 0) is 40.2 Å². The summed E-state index contributed by atoms with van der Waals surface area (Å²) in [6, 6.07) is 5.96. The Kier molecular flexibility index (Phi) is 2.44. The van der Waals surface area contributed by atoms with E-state index in [2.05, 4.69) is 26.0 Å². The molecule has 0 N–H and O–H groups in total. The number of thioether (sulfide) groups is 1. The highest BCUT2D eigenvalue weighted by molar-refractivity contribution is 9.10. The van der Waals surface area contributed by atoms with Gasteiger partial charge in [0.15, 0.2) is 11.5 Å². The summed E-state index contributed by atoms with van der Waals surface area (Å²) >= 11 is 5.46. The Morgan fingerprint density at radius 2 is 2.40 bits per heavy atom. The zero-order valence-corrected chi connectivity index (χ0v) is 10.5. The fraction of sp³-hybridized carbons (Fsp3) is 0.400. The molecule has 0 bridgehead atoms. The minimum Gasteiger partial charge on any atom is -0.212 e. The number of halogens is 1. The minimum absolute atomic E-state index is 0.543. The van der Waals surface area contributed by atoms with Crippen LogP contribution in [0.4, 0.5) is 0 Å². The van der Waals surface area contributed by atoms with Gasteiger partial charge in [-0.3, -0.25) is 0 Å². The molecule has 0 spiro atoms. The van der Waals surface area contributed by atoms with Crippen molar-refractivity contribution < 1.29 is 0 Å². The first kappa shape index (κ1) is 9.66. The SMILES string of the molecule is Brc1cccc2nc(C3CCSC3)nn12. The van der Waals surface area contributed by atoms with Crippen LogP contribution >= 0.6 is 27.7 Å². The average molecular weight is 284 g/mol. The fourth-order valence-electron chi connectivity index (χ4n) is 1.80. The van der Waals surface area contributed by atoms with Crippen molar-refractivity contribution in [1.29, 1.82) is 0 Å². The largest absolute Gasteiger partial charge is 0.212 e. The molecule has 0 aromatic carbocycles. The number of hydrogen-bond donors (Lipinski definition) is 0. The Labute approximate surface area is 100 Å². The highest BCUT2D eigenvalue weighted by Gasteiger charge is 2.21. The van der Waals surface area contributed by atoms with E-state index < -0.39 is 0 Å². The zero-order valence-electron chi connectivity index (χ0n) is 8.06. The van der Waals surface area contributed by atoms with E-state index in [1.54, 1.807) is 0 Å². The Bertz CT molecular complexity index is 490. The molecule has 0 saturated carbocycles. The molecule has 1 fully saturated rings. The Morgan fingerprint density at radius 3 is 3.13 bits per heavy atom. The van der Waals surface area contributed by atoms with E-state index in [1.807, 2.05) is 34.5 Å². The summed E-state index contributed by atoms with van der Waals surface area (Å²) in [7, 11) is 0. The summed E-state index contributed by atoms with van der Waals surface area (Å²) in [4.78, 5) is 4.56. The van der Waals surface area contributed by atoms with Crippen molar-refractivity contribution in [3.8, 4) is 0 Å². The van der Waals surface area contributed by atoms with Gasteiger partial charge in [0.25, 0.3) is 0 Å². The molecule has 3 nitrogen and oxygen atoms in total. The normalized spacial score (nSPS) is 21.3. The van der Waals surface area contributed by atoms with E-state index in [4.69, 9.17) is 0 Å². The first-order chi connectivity index (χ1) is 7.34. The van der Waals surface area contributed by atoms with Crippen LogP contribution in [0.5, 0.6) is 0 Å². The lowest BCUT2D eigenvalue weighted by atomic mass is 10.1. The van der Waals surface area contributed by atoms with E-state index >= 15 is 0 Å². The van der Waals surface area contributed by atoms with E-state index in [-0.39, 0.29) is 0 Å². The smallest absolute Gasteiger partial charge is 0.156 e. The molecule has 2 aromatic heterocycles. The molecular formula is C10H10BrN3S. The van der Waals surface area contributed by atoms with Gasteiger partial charge in [-0.2, -0.15) is 11.8 Å². The maximum absolute atomic E-state index is 4.56. The Morgan fingerprint density at radius 1 is 1.47 bits per heavy atom. The third kappa shape index (κ3) is 1.67. The molecule has 1 aliphatic heterocycles. The molecule has 0 aliphatic carbocycles. The zero-order chi connectivity index (χ0) is 10.3. The first-order valence-electron chi connectivity index (χ1n) is 4.93. The lowest BCUT2D eigenvalue weighted by molar-refractivity contribution is 0.710.